The van der Waals surface area contributed by atoms with Crippen molar-refractivity contribution in [2.24, 2.45) is 5.92 Å². The van der Waals surface area contributed by atoms with Crippen molar-refractivity contribution in [2.45, 2.75) is 19.1 Å². The van der Waals surface area contributed by atoms with Crippen molar-refractivity contribution in [3.63, 3.8) is 0 Å². The maximum Gasteiger partial charge on any atom is 0.268 e. The summed E-state index contributed by atoms with van der Waals surface area (Å²) in [4.78, 5) is 30.1. The van der Waals surface area contributed by atoms with E-state index in [9.17, 15) is 9.59 Å². The van der Waals surface area contributed by atoms with Gasteiger partial charge in [0.1, 0.15) is 0 Å². The van der Waals surface area contributed by atoms with E-state index in [0.717, 1.165) is 12.8 Å². The van der Waals surface area contributed by atoms with E-state index in [1.807, 2.05) is 34.5 Å². The number of hydrogen-bond donors (Lipinski definition) is 0. The highest BCUT2D eigenvalue weighted by Gasteiger charge is 2.34. The van der Waals surface area contributed by atoms with E-state index in [2.05, 4.69) is 0 Å². The average molecular weight is 401 g/mol. The molecule has 2 amide bonds. The first-order chi connectivity index (χ1) is 13.6. The molecular weight excluding hydrogens is 376 g/mol. The van der Waals surface area contributed by atoms with Gasteiger partial charge in [0.15, 0.2) is 6.29 Å². The zero-order chi connectivity index (χ0) is 19.5. The molecule has 2 aromatic rings. The Hall–Kier alpha value is -2.22. The van der Waals surface area contributed by atoms with Crippen LogP contribution in [0, 0.1) is 5.92 Å². The normalized spacial score (nSPS) is 20.3. The lowest BCUT2D eigenvalue weighted by Gasteiger charge is -2.35. The van der Waals surface area contributed by atoms with Crippen LogP contribution in [-0.2, 0) is 9.47 Å². The molecule has 0 aliphatic carbocycles. The lowest BCUT2D eigenvalue weighted by Crippen LogP contribution is -2.44. The van der Waals surface area contributed by atoms with E-state index >= 15 is 0 Å². The van der Waals surface area contributed by atoms with Crippen LogP contribution in [0.15, 0.2) is 41.8 Å². The van der Waals surface area contributed by atoms with Crippen molar-refractivity contribution in [3.05, 3.63) is 52.2 Å². The highest BCUT2D eigenvalue weighted by Crippen LogP contribution is 2.28. The van der Waals surface area contributed by atoms with Gasteiger partial charge in [-0.2, -0.15) is 0 Å². The highest BCUT2D eigenvalue weighted by molar-refractivity contribution is 7.12. The van der Waals surface area contributed by atoms with Gasteiger partial charge >= 0.3 is 0 Å². The Bertz CT molecular complexity index is 833. The van der Waals surface area contributed by atoms with Crippen LogP contribution in [0.5, 0.6) is 0 Å². The number of nitrogens with zero attached hydrogens (tertiary/aromatic N) is 2. The molecule has 28 heavy (non-hydrogen) atoms. The van der Waals surface area contributed by atoms with E-state index in [0.29, 0.717) is 42.4 Å². The van der Waals surface area contributed by atoms with Crippen LogP contribution in [0.1, 0.15) is 32.9 Å². The molecule has 1 aromatic carbocycles. The van der Waals surface area contributed by atoms with Crippen LogP contribution in [0.3, 0.4) is 0 Å². The quantitative estimate of drug-likeness (QED) is 0.791. The molecule has 2 fully saturated rings. The Morgan fingerprint density at radius 1 is 1.14 bits per heavy atom. The van der Waals surface area contributed by atoms with Crippen molar-refractivity contribution < 1.29 is 19.1 Å². The molecule has 3 heterocycles. The summed E-state index contributed by atoms with van der Waals surface area (Å²) in [7, 11) is 1.72. The molecule has 0 N–H and O–H groups in total. The Morgan fingerprint density at radius 3 is 2.68 bits per heavy atom. The van der Waals surface area contributed by atoms with Crippen molar-refractivity contribution >= 4 is 28.8 Å². The molecule has 0 radical (unpaired) electrons. The van der Waals surface area contributed by atoms with Gasteiger partial charge in [0.2, 0.25) is 0 Å². The SMILES string of the molecule is CN(C(=O)c1cccs1)c1ccccc1C(=O)N1CCCC(C2OCCO2)C1. The number of benzene rings is 1. The van der Waals surface area contributed by atoms with Crippen LogP contribution in [-0.4, -0.2) is 56.4 Å². The van der Waals surface area contributed by atoms with Crippen molar-refractivity contribution in [1.82, 2.24) is 4.90 Å². The largest absolute Gasteiger partial charge is 0.350 e. The maximum absolute atomic E-state index is 13.3. The van der Waals surface area contributed by atoms with Gasteiger partial charge in [-0.15, -0.1) is 11.3 Å². The lowest BCUT2D eigenvalue weighted by atomic mass is 9.96. The molecule has 6 nitrogen and oxygen atoms in total. The number of anilines is 1. The number of rotatable bonds is 4. The lowest BCUT2D eigenvalue weighted by molar-refractivity contribution is -0.0969. The number of thiophene rings is 1. The van der Waals surface area contributed by atoms with Gasteiger partial charge in [0.25, 0.3) is 11.8 Å². The standard InChI is InChI=1S/C21H24N2O4S/c1-22(20(25)18-9-5-13-28-18)17-8-3-2-7-16(17)19(24)23-10-4-6-15(14-23)21-26-11-12-27-21/h2-3,5,7-9,13,15,21H,4,6,10-12,14H2,1H3. The van der Waals surface area contributed by atoms with E-state index in [1.165, 1.54) is 11.3 Å². The van der Waals surface area contributed by atoms with Crippen molar-refractivity contribution in [1.29, 1.82) is 0 Å². The first-order valence-electron chi connectivity index (χ1n) is 9.58. The highest BCUT2D eigenvalue weighted by atomic mass is 32.1. The Kier molecular flexibility index (Phi) is 5.75. The van der Waals surface area contributed by atoms with Gasteiger partial charge in [-0.05, 0) is 36.4 Å². The summed E-state index contributed by atoms with van der Waals surface area (Å²) in [5.41, 5.74) is 1.17. The number of hydrogen-bond acceptors (Lipinski definition) is 5. The molecule has 1 aromatic heterocycles. The molecule has 2 saturated heterocycles. The second-order valence-electron chi connectivity index (χ2n) is 7.12. The maximum atomic E-state index is 13.3. The minimum absolute atomic E-state index is 0.0517. The molecule has 0 saturated carbocycles. The van der Waals surface area contributed by atoms with E-state index < -0.39 is 0 Å². The summed E-state index contributed by atoms with van der Waals surface area (Å²) in [5.74, 6) is 0.0292. The molecule has 2 aliphatic heterocycles. The Balaban J connectivity index is 1.54. The molecule has 148 valence electrons. The number of ether oxygens (including phenoxy) is 2. The molecule has 1 atom stereocenters. The molecule has 0 spiro atoms. The minimum atomic E-state index is -0.214. The van der Waals surface area contributed by atoms with Crippen LogP contribution >= 0.6 is 11.3 Å². The number of amides is 2. The predicted molar refractivity (Wildman–Crippen MR) is 108 cm³/mol. The molecule has 0 bridgehead atoms. The predicted octanol–water partition coefficient (Wildman–Crippen LogP) is 3.25. The molecule has 4 rings (SSSR count). The van der Waals surface area contributed by atoms with Gasteiger partial charge in [0, 0.05) is 26.1 Å². The van der Waals surface area contributed by atoms with Gasteiger partial charge < -0.3 is 19.3 Å². The van der Waals surface area contributed by atoms with Gasteiger partial charge in [-0.3, -0.25) is 9.59 Å². The molecule has 7 heteroatoms. The van der Waals surface area contributed by atoms with E-state index in [4.69, 9.17) is 9.47 Å². The van der Waals surface area contributed by atoms with Crippen LogP contribution in [0.25, 0.3) is 0 Å². The molecule has 2 aliphatic rings. The van der Waals surface area contributed by atoms with Gasteiger partial charge in [0.05, 0.1) is 29.3 Å². The number of para-hydroxylation sites is 1. The van der Waals surface area contributed by atoms with Gasteiger partial charge in [-0.1, -0.05) is 18.2 Å². The summed E-state index contributed by atoms with van der Waals surface area (Å²) in [6.45, 7) is 2.56. The topological polar surface area (TPSA) is 59.1 Å². The fourth-order valence-electron chi connectivity index (χ4n) is 3.86. The van der Waals surface area contributed by atoms with Crippen LogP contribution < -0.4 is 4.90 Å². The molecule has 1 unspecified atom stereocenters. The summed E-state index contributed by atoms with van der Waals surface area (Å²) >= 11 is 1.40. The third kappa shape index (κ3) is 3.83. The van der Waals surface area contributed by atoms with E-state index in [1.54, 1.807) is 24.1 Å². The second-order valence-corrected chi connectivity index (χ2v) is 8.07. The van der Waals surface area contributed by atoms with Gasteiger partial charge in [-0.25, -0.2) is 0 Å². The monoisotopic (exact) mass is 400 g/mol. The summed E-state index contributed by atoms with van der Waals surface area (Å²) in [6, 6.07) is 11.0. The number of carbonyl (C=O) groups excluding carboxylic acids is 2. The Labute approximate surface area is 168 Å². The second kappa shape index (κ2) is 8.43. The molecular formula is C21H24N2O4S. The summed E-state index contributed by atoms with van der Waals surface area (Å²) < 4.78 is 11.3. The smallest absolute Gasteiger partial charge is 0.268 e. The van der Waals surface area contributed by atoms with Crippen LogP contribution in [0.4, 0.5) is 5.69 Å². The van der Waals surface area contributed by atoms with Crippen molar-refractivity contribution in [2.75, 3.05) is 38.3 Å². The third-order valence-corrected chi connectivity index (χ3v) is 6.17. The summed E-state index contributed by atoms with van der Waals surface area (Å²) in [6.07, 6.45) is 1.70. The zero-order valence-corrected chi connectivity index (χ0v) is 16.7. The summed E-state index contributed by atoms with van der Waals surface area (Å²) in [5, 5.41) is 1.87. The fraction of sp³-hybridized carbons (Fsp3) is 0.429. The first-order valence-corrected chi connectivity index (χ1v) is 10.5. The van der Waals surface area contributed by atoms with Crippen molar-refractivity contribution in [3.8, 4) is 0 Å². The van der Waals surface area contributed by atoms with E-state index in [-0.39, 0.29) is 24.0 Å². The number of piperidine rings is 1. The first kappa shape index (κ1) is 19.1. The average Bonchev–Trinajstić information content (AvgIpc) is 3.46. The van der Waals surface area contributed by atoms with Crippen LogP contribution in [0.2, 0.25) is 0 Å². The third-order valence-electron chi connectivity index (χ3n) is 5.31. The zero-order valence-electron chi connectivity index (χ0n) is 15.9. The number of carbonyl (C=O) groups is 2. The minimum Gasteiger partial charge on any atom is -0.350 e. The fourth-order valence-corrected chi connectivity index (χ4v) is 4.56. The Morgan fingerprint density at radius 2 is 1.93 bits per heavy atom. The number of likely N-dealkylation sites (tertiary alicyclic amines) is 1.